The van der Waals surface area contributed by atoms with Gasteiger partial charge >= 0.3 is 0 Å². The molecule has 0 atom stereocenters. The minimum Gasteiger partial charge on any atom is -0.388 e. The van der Waals surface area contributed by atoms with Gasteiger partial charge in [-0.15, -0.1) is 0 Å². The fourth-order valence-corrected chi connectivity index (χ4v) is 2.45. The van der Waals surface area contributed by atoms with Gasteiger partial charge in [0.2, 0.25) is 0 Å². The normalized spacial score (nSPS) is 15.0. The van der Waals surface area contributed by atoms with Gasteiger partial charge in [-0.1, -0.05) is 57.0 Å². The first kappa shape index (κ1) is 28.5. The van der Waals surface area contributed by atoms with Crippen molar-refractivity contribution < 1.29 is 9.53 Å². The van der Waals surface area contributed by atoms with Crippen molar-refractivity contribution in [3.63, 3.8) is 0 Å². The lowest BCUT2D eigenvalue weighted by Gasteiger charge is -2.40. The van der Waals surface area contributed by atoms with E-state index in [0.29, 0.717) is 0 Å². The standard InChI is InChI=1S/C13H20N2.C4H10.C2H6O.CH2O.H3N/c1-15-9-7-13(11-14,8-10-15)12-5-3-2-4-6-12;1-3-4-2;1-3-2;1-2;/h2-6H,7-11,14H2,1H3;3-4H2,1-2H3;1-2H3;1H2;1H3. The van der Waals surface area contributed by atoms with Gasteiger partial charge in [0.1, 0.15) is 6.79 Å². The summed E-state index contributed by atoms with van der Waals surface area (Å²) in [6.07, 6.45) is 5.01. The third kappa shape index (κ3) is 11.8. The highest BCUT2D eigenvalue weighted by Crippen LogP contribution is 2.33. The number of rotatable bonds is 3. The number of unbranched alkanes of at least 4 members (excludes halogenated alkanes) is 1. The second kappa shape index (κ2) is 19.1. The van der Waals surface area contributed by atoms with Gasteiger partial charge in [0.15, 0.2) is 0 Å². The molecule has 0 bridgehead atoms. The number of ether oxygens (including phenoxy) is 1. The van der Waals surface area contributed by atoms with Crippen LogP contribution < -0.4 is 11.9 Å². The van der Waals surface area contributed by atoms with Crippen molar-refractivity contribution in [3.05, 3.63) is 35.9 Å². The van der Waals surface area contributed by atoms with E-state index in [2.05, 4.69) is 60.9 Å². The first-order valence-electron chi connectivity index (χ1n) is 8.73. The van der Waals surface area contributed by atoms with Gasteiger partial charge < -0.3 is 26.3 Å². The predicted molar refractivity (Wildman–Crippen MR) is 110 cm³/mol. The Kier molecular flexibility index (Phi) is 21.8. The van der Waals surface area contributed by atoms with E-state index in [4.69, 9.17) is 10.5 Å². The first-order chi connectivity index (χ1) is 11.6. The largest absolute Gasteiger partial charge is 0.388 e. The summed E-state index contributed by atoms with van der Waals surface area (Å²) in [7, 11) is 5.44. The van der Waals surface area contributed by atoms with Crippen LogP contribution in [0.15, 0.2) is 30.3 Å². The van der Waals surface area contributed by atoms with Crippen LogP contribution in [0.1, 0.15) is 45.1 Å². The zero-order valence-corrected chi connectivity index (χ0v) is 17.1. The van der Waals surface area contributed by atoms with E-state index in [1.54, 1.807) is 14.2 Å². The zero-order valence-electron chi connectivity index (χ0n) is 17.1. The molecule has 2 rings (SSSR count). The number of nitrogens with zero attached hydrogens (tertiary/aromatic N) is 1. The molecule has 1 fully saturated rings. The van der Waals surface area contributed by atoms with E-state index in [-0.39, 0.29) is 11.6 Å². The number of nitrogens with two attached hydrogens (primary N) is 1. The van der Waals surface area contributed by atoms with Crippen LogP contribution in [-0.4, -0.2) is 52.6 Å². The van der Waals surface area contributed by atoms with Gasteiger partial charge in [-0.3, -0.25) is 0 Å². The van der Waals surface area contributed by atoms with Gasteiger partial charge in [-0.25, -0.2) is 0 Å². The molecule has 0 aromatic heterocycles. The molecule has 5 heteroatoms. The highest BCUT2D eigenvalue weighted by molar-refractivity contribution is 5.26. The molecule has 0 aliphatic carbocycles. The Labute approximate surface area is 155 Å². The van der Waals surface area contributed by atoms with Crippen molar-refractivity contribution in [2.45, 2.75) is 44.9 Å². The van der Waals surface area contributed by atoms with Crippen LogP contribution in [0.2, 0.25) is 0 Å². The third-order valence-corrected chi connectivity index (χ3v) is 4.22. The van der Waals surface area contributed by atoms with Crippen LogP contribution >= 0.6 is 0 Å². The number of hydrogen-bond donors (Lipinski definition) is 2. The van der Waals surface area contributed by atoms with Crippen molar-refractivity contribution in [1.82, 2.24) is 11.1 Å². The Hall–Kier alpha value is -1.27. The molecule has 1 aliphatic rings. The molecule has 0 saturated carbocycles. The minimum atomic E-state index is 0. The summed E-state index contributed by atoms with van der Waals surface area (Å²) in [4.78, 5) is 10.4. The Bertz CT molecular complexity index is 364. The predicted octanol–water partition coefficient (Wildman–Crippen LogP) is 3.65. The van der Waals surface area contributed by atoms with Gasteiger partial charge in [-0.05, 0) is 38.5 Å². The van der Waals surface area contributed by atoms with E-state index in [1.807, 2.05) is 6.79 Å². The van der Waals surface area contributed by atoms with Crippen molar-refractivity contribution in [2.24, 2.45) is 5.73 Å². The van der Waals surface area contributed by atoms with Gasteiger partial charge in [0, 0.05) is 26.2 Å². The van der Waals surface area contributed by atoms with Crippen molar-refractivity contribution in [1.29, 1.82) is 0 Å². The molecule has 5 N–H and O–H groups in total. The SMILES string of the molecule is C=O.CCCC.CN1CCC(CN)(c2ccccc2)CC1.COC.N. The molecular weight excluding hydrogens is 314 g/mol. The molecule has 1 aromatic carbocycles. The zero-order chi connectivity index (χ0) is 18.8. The molecule has 1 aliphatic heterocycles. The van der Waals surface area contributed by atoms with Crippen LogP contribution in [0, 0.1) is 0 Å². The Balaban J connectivity index is -0.000000413. The number of benzene rings is 1. The van der Waals surface area contributed by atoms with E-state index in [0.717, 1.165) is 19.6 Å². The lowest BCUT2D eigenvalue weighted by atomic mass is 9.73. The quantitative estimate of drug-likeness (QED) is 0.863. The fourth-order valence-electron chi connectivity index (χ4n) is 2.45. The number of carbonyl (C=O) groups excluding carboxylic acids is 1. The number of piperidine rings is 1. The monoisotopic (exact) mass is 355 g/mol. The topological polar surface area (TPSA) is 90.6 Å². The number of likely N-dealkylation sites (tertiary alicyclic amines) is 1. The minimum absolute atomic E-state index is 0. The summed E-state index contributed by atoms with van der Waals surface area (Å²) >= 11 is 0. The highest BCUT2D eigenvalue weighted by atomic mass is 16.4. The third-order valence-electron chi connectivity index (χ3n) is 4.22. The van der Waals surface area contributed by atoms with Crippen LogP contribution in [0.4, 0.5) is 0 Å². The Morgan fingerprint density at radius 2 is 1.48 bits per heavy atom. The lowest BCUT2D eigenvalue weighted by Crippen LogP contribution is -2.45. The van der Waals surface area contributed by atoms with Crippen molar-refractivity contribution >= 4 is 6.79 Å². The summed E-state index contributed by atoms with van der Waals surface area (Å²) in [5, 5.41) is 0. The maximum absolute atomic E-state index is 8.00. The Morgan fingerprint density at radius 1 is 1.08 bits per heavy atom. The van der Waals surface area contributed by atoms with Crippen molar-refractivity contribution in [3.8, 4) is 0 Å². The molecular formula is C20H41N3O2. The van der Waals surface area contributed by atoms with E-state index in [1.165, 1.54) is 31.2 Å². The molecule has 1 saturated heterocycles. The first-order valence-corrected chi connectivity index (χ1v) is 8.73. The molecule has 0 amide bonds. The molecule has 1 aromatic rings. The Morgan fingerprint density at radius 3 is 1.80 bits per heavy atom. The van der Waals surface area contributed by atoms with E-state index < -0.39 is 0 Å². The number of methoxy groups -OCH3 is 1. The maximum Gasteiger partial charge on any atom is 0.106 e. The second-order valence-electron chi connectivity index (χ2n) is 6.06. The molecule has 25 heavy (non-hydrogen) atoms. The van der Waals surface area contributed by atoms with Crippen LogP contribution in [0.3, 0.4) is 0 Å². The number of carbonyl (C=O) groups is 1. The summed E-state index contributed by atoms with van der Waals surface area (Å²) in [5.74, 6) is 0. The average Bonchev–Trinajstić information content (AvgIpc) is 2.66. The van der Waals surface area contributed by atoms with Gasteiger partial charge in [-0.2, -0.15) is 0 Å². The second-order valence-corrected chi connectivity index (χ2v) is 6.06. The molecule has 1 heterocycles. The summed E-state index contributed by atoms with van der Waals surface area (Å²) in [6.45, 7) is 9.45. The summed E-state index contributed by atoms with van der Waals surface area (Å²) < 4.78 is 4.25. The van der Waals surface area contributed by atoms with E-state index >= 15 is 0 Å². The molecule has 5 nitrogen and oxygen atoms in total. The van der Waals surface area contributed by atoms with Crippen LogP contribution in [-0.2, 0) is 14.9 Å². The molecule has 0 unspecified atom stereocenters. The van der Waals surface area contributed by atoms with Crippen molar-refractivity contribution in [2.75, 3.05) is 40.9 Å². The average molecular weight is 356 g/mol. The lowest BCUT2D eigenvalue weighted by molar-refractivity contribution is -0.0979. The van der Waals surface area contributed by atoms with E-state index in [9.17, 15) is 0 Å². The maximum atomic E-state index is 8.00. The number of hydrogen-bond acceptors (Lipinski definition) is 5. The van der Waals surface area contributed by atoms with Gasteiger partial charge in [0.05, 0.1) is 0 Å². The summed E-state index contributed by atoms with van der Waals surface area (Å²) in [6, 6.07) is 10.7. The van der Waals surface area contributed by atoms with Crippen LogP contribution in [0.25, 0.3) is 0 Å². The summed E-state index contributed by atoms with van der Waals surface area (Å²) in [5.41, 5.74) is 7.64. The van der Waals surface area contributed by atoms with Gasteiger partial charge in [0.25, 0.3) is 0 Å². The molecule has 0 radical (unpaired) electrons. The molecule has 0 spiro atoms. The smallest absolute Gasteiger partial charge is 0.106 e. The van der Waals surface area contributed by atoms with Crippen LogP contribution in [0.5, 0.6) is 0 Å². The fraction of sp³-hybridized carbons (Fsp3) is 0.650. The molecule has 148 valence electrons. The highest BCUT2D eigenvalue weighted by Gasteiger charge is 2.33.